The van der Waals surface area contributed by atoms with Crippen LogP contribution in [-0.4, -0.2) is 33.0 Å². The molecule has 0 saturated heterocycles. The highest BCUT2D eigenvalue weighted by Gasteiger charge is 2.14. The first kappa shape index (κ1) is 48.9. The van der Waals surface area contributed by atoms with Crippen LogP contribution in [0.1, 0.15) is 59.7 Å². The van der Waals surface area contributed by atoms with Gasteiger partial charge in [-0.2, -0.15) is 0 Å². The Kier molecular flexibility index (Phi) is 18.5. The maximum Gasteiger partial charge on any atom is 0.150 e. The van der Waals surface area contributed by atoms with E-state index in [0.29, 0.717) is 11.1 Å². The van der Waals surface area contributed by atoms with Crippen LogP contribution < -0.4 is 9.80 Å². The number of nitrogens with zero attached hydrogens (tertiary/aromatic N) is 2. The molecule has 0 spiro atoms. The number of hydrogen-bond acceptors (Lipinski definition) is 8. The van der Waals surface area contributed by atoms with Crippen molar-refractivity contribution in [3.63, 3.8) is 0 Å². The Morgan fingerprint density at radius 3 is 0.821 bits per heavy atom. The van der Waals surface area contributed by atoms with E-state index in [-0.39, 0.29) is 26.4 Å². The second-order valence-corrected chi connectivity index (χ2v) is 16.1. The van der Waals surface area contributed by atoms with Crippen molar-refractivity contribution in [3.8, 4) is 0 Å². The van der Waals surface area contributed by atoms with Gasteiger partial charge in [0.2, 0.25) is 0 Å². The third-order valence-electron chi connectivity index (χ3n) is 10.6. The van der Waals surface area contributed by atoms with Gasteiger partial charge in [-0.1, -0.05) is 150 Å². The van der Waals surface area contributed by atoms with Crippen molar-refractivity contribution < 1.29 is 30.0 Å². The normalized spacial score (nSPS) is 10.5. The summed E-state index contributed by atoms with van der Waals surface area (Å²) in [6, 6.07) is 62.3. The summed E-state index contributed by atoms with van der Waals surface area (Å²) < 4.78 is 0.994. The molecule has 4 N–H and O–H groups in total. The Morgan fingerprint density at radius 2 is 0.567 bits per heavy atom. The fourth-order valence-electron chi connectivity index (χ4n) is 6.81. The van der Waals surface area contributed by atoms with Crippen LogP contribution in [0.2, 0.25) is 0 Å². The molecule has 8 aromatic carbocycles. The Morgan fingerprint density at radius 1 is 0.343 bits per heavy atom. The SMILES string of the molecule is C=Cc1ccc(N(c2ccc(CO)cc2)c2ccc(CO)cc2)cc1.O=Cc1ccc(/C=C/c2ccc(N(c3ccc(CO)cc3)c3ccc(CO)cc3)cc2)cc1.O=Cc1ccc(Br)cc1. The molecule has 0 fully saturated rings. The lowest BCUT2D eigenvalue weighted by Crippen LogP contribution is -2.10. The number of rotatable bonds is 15. The maximum absolute atomic E-state index is 10.8. The zero-order valence-electron chi connectivity index (χ0n) is 36.8. The number of carbonyl (C=O) groups excluding carboxylic acids is 2. The lowest BCUT2D eigenvalue weighted by molar-refractivity contribution is 0.111. The molecule has 0 radical (unpaired) electrons. The first-order chi connectivity index (χ1) is 32.8. The Bertz CT molecular complexity index is 2700. The Balaban J connectivity index is 0.000000191. The molecule has 0 aliphatic heterocycles. The van der Waals surface area contributed by atoms with E-state index in [9.17, 15) is 30.0 Å². The minimum atomic E-state index is 0.00435. The van der Waals surface area contributed by atoms with Crippen molar-refractivity contribution in [2.24, 2.45) is 0 Å². The van der Waals surface area contributed by atoms with Crippen LogP contribution in [0.3, 0.4) is 0 Å². The third kappa shape index (κ3) is 14.0. The largest absolute Gasteiger partial charge is 0.392 e. The predicted octanol–water partition coefficient (Wildman–Crippen LogP) is 13.2. The van der Waals surface area contributed by atoms with Crippen LogP contribution in [0.4, 0.5) is 34.1 Å². The molecule has 0 saturated carbocycles. The van der Waals surface area contributed by atoms with E-state index in [1.54, 1.807) is 24.3 Å². The molecule has 0 aliphatic rings. The molecule has 67 heavy (non-hydrogen) atoms. The molecule has 8 rings (SSSR count). The average molecular weight is 952 g/mol. The summed E-state index contributed by atoms with van der Waals surface area (Å²) >= 11 is 3.26. The summed E-state index contributed by atoms with van der Waals surface area (Å²) in [6.45, 7) is 3.86. The molecule has 0 bridgehead atoms. The first-order valence-electron chi connectivity index (χ1n) is 21.4. The summed E-state index contributed by atoms with van der Waals surface area (Å²) in [7, 11) is 0. The molecular weight excluding hydrogens is 901 g/mol. The van der Waals surface area contributed by atoms with Gasteiger partial charge in [0, 0.05) is 49.7 Å². The number of aliphatic hydroxyl groups is 4. The number of anilines is 6. The number of hydrogen-bond donors (Lipinski definition) is 4. The van der Waals surface area contributed by atoms with Crippen molar-refractivity contribution in [2.45, 2.75) is 26.4 Å². The van der Waals surface area contributed by atoms with Crippen LogP contribution in [0.15, 0.2) is 205 Å². The summed E-state index contributed by atoms with van der Waals surface area (Å²) in [5, 5.41) is 37.3. The Labute approximate surface area is 400 Å². The summed E-state index contributed by atoms with van der Waals surface area (Å²) in [4.78, 5) is 25.2. The topological polar surface area (TPSA) is 122 Å². The van der Waals surface area contributed by atoms with Gasteiger partial charge in [-0.3, -0.25) is 9.59 Å². The third-order valence-corrected chi connectivity index (χ3v) is 11.1. The van der Waals surface area contributed by atoms with Gasteiger partial charge in [0.1, 0.15) is 12.6 Å². The molecule has 0 aromatic heterocycles. The molecule has 336 valence electrons. The summed E-state index contributed by atoms with van der Waals surface area (Å²) in [5.41, 5.74) is 14.0. The van der Waals surface area contributed by atoms with Gasteiger partial charge in [-0.15, -0.1) is 0 Å². The number of aliphatic hydroxyl groups excluding tert-OH is 4. The van der Waals surface area contributed by atoms with E-state index in [1.165, 1.54) is 0 Å². The lowest BCUT2D eigenvalue weighted by atomic mass is 10.1. The minimum Gasteiger partial charge on any atom is -0.392 e. The number of benzene rings is 8. The second kappa shape index (κ2) is 25.3. The molecule has 8 aromatic rings. The van der Waals surface area contributed by atoms with E-state index in [0.717, 1.165) is 90.1 Å². The molecule has 8 nitrogen and oxygen atoms in total. The van der Waals surface area contributed by atoms with E-state index >= 15 is 0 Å². The van der Waals surface area contributed by atoms with Gasteiger partial charge in [0.25, 0.3) is 0 Å². The molecular formula is C58H51BrN2O6. The van der Waals surface area contributed by atoms with Gasteiger partial charge in [-0.25, -0.2) is 0 Å². The summed E-state index contributed by atoms with van der Waals surface area (Å²) in [5.74, 6) is 0. The van der Waals surface area contributed by atoms with Gasteiger partial charge < -0.3 is 30.2 Å². The van der Waals surface area contributed by atoms with Crippen LogP contribution in [0.5, 0.6) is 0 Å². The van der Waals surface area contributed by atoms with Crippen LogP contribution >= 0.6 is 15.9 Å². The van der Waals surface area contributed by atoms with E-state index in [1.807, 2.05) is 152 Å². The number of carbonyl (C=O) groups is 2. The lowest BCUT2D eigenvalue weighted by Gasteiger charge is -2.26. The van der Waals surface area contributed by atoms with E-state index < -0.39 is 0 Å². The number of halogens is 1. The fraction of sp³-hybridized carbons (Fsp3) is 0.0690. The van der Waals surface area contributed by atoms with Crippen molar-refractivity contribution in [3.05, 3.63) is 255 Å². The van der Waals surface area contributed by atoms with Crippen molar-refractivity contribution in [1.82, 2.24) is 0 Å². The highest BCUT2D eigenvalue weighted by Crippen LogP contribution is 2.36. The van der Waals surface area contributed by atoms with Crippen LogP contribution in [-0.2, 0) is 26.4 Å². The molecule has 0 unspecified atom stereocenters. The molecule has 0 atom stereocenters. The minimum absolute atomic E-state index is 0.00435. The molecule has 0 aliphatic carbocycles. The molecule has 0 heterocycles. The van der Waals surface area contributed by atoms with Gasteiger partial charge in [-0.05, 0) is 124 Å². The average Bonchev–Trinajstić information content (AvgIpc) is 3.40. The highest BCUT2D eigenvalue weighted by atomic mass is 79.9. The monoisotopic (exact) mass is 950 g/mol. The van der Waals surface area contributed by atoms with Crippen molar-refractivity contribution in [2.75, 3.05) is 9.80 Å². The van der Waals surface area contributed by atoms with Gasteiger partial charge in [0.05, 0.1) is 26.4 Å². The predicted molar refractivity (Wildman–Crippen MR) is 276 cm³/mol. The summed E-state index contributed by atoms with van der Waals surface area (Å²) in [6.07, 6.45) is 7.54. The van der Waals surface area contributed by atoms with Crippen LogP contribution in [0.25, 0.3) is 18.2 Å². The smallest absolute Gasteiger partial charge is 0.150 e. The zero-order chi connectivity index (χ0) is 47.4. The highest BCUT2D eigenvalue weighted by molar-refractivity contribution is 9.10. The number of aldehydes is 2. The van der Waals surface area contributed by atoms with E-state index in [2.05, 4.69) is 68.7 Å². The molecule has 0 amide bonds. The van der Waals surface area contributed by atoms with Crippen molar-refractivity contribution in [1.29, 1.82) is 0 Å². The van der Waals surface area contributed by atoms with E-state index in [4.69, 9.17) is 0 Å². The van der Waals surface area contributed by atoms with Gasteiger partial charge >= 0.3 is 0 Å². The maximum atomic E-state index is 10.8. The first-order valence-corrected chi connectivity index (χ1v) is 22.2. The zero-order valence-corrected chi connectivity index (χ0v) is 38.4. The van der Waals surface area contributed by atoms with Crippen molar-refractivity contribution >= 4 is 80.9 Å². The quantitative estimate of drug-likeness (QED) is 0.0592. The Hall–Kier alpha value is -7.50. The van der Waals surface area contributed by atoms with Crippen LogP contribution in [0, 0.1) is 0 Å². The van der Waals surface area contributed by atoms with Gasteiger partial charge in [0.15, 0.2) is 0 Å². The fourth-order valence-corrected chi connectivity index (χ4v) is 7.07. The standard InChI is InChI=1S/C29H25NO3.C22H21NO2.C7H5BrO/c31-19-24-5-3-22(4-6-24)1-2-23-7-13-27(14-8-23)30(28-15-9-25(20-32)10-16-28)29-17-11-26(21-33)12-18-29;1-2-17-3-9-20(10-4-17)23(21-11-5-18(15-24)6-12-21)22-13-7-19(16-25)8-14-22;8-7-3-1-6(5-9)2-4-7/h1-19,32-33H,20-21H2;2-14,24-25H,1,15-16H2;1-5H/b2-1+;;. The second-order valence-electron chi connectivity index (χ2n) is 15.1. The molecule has 9 heteroatoms.